The molecule has 1 saturated heterocycles. The van der Waals surface area contributed by atoms with Gasteiger partial charge < -0.3 is 14.7 Å². The van der Waals surface area contributed by atoms with Crippen LogP contribution in [0.15, 0.2) is 12.3 Å². The number of carboxylic acids is 1. The van der Waals surface area contributed by atoms with Gasteiger partial charge in [0.1, 0.15) is 11.3 Å². The van der Waals surface area contributed by atoms with Crippen molar-refractivity contribution in [1.82, 2.24) is 14.7 Å². The minimum Gasteiger partial charge on any atom is -0.477 e. The van der Waals surface area contributed by atoms with Crippen LogP contribution in [0.2, 0.25) is 0 Å². The molecule has 0 spiro atoms. The summed E-state index contributed by atoms with van der Waals surface area (Å²) in [5.74, 6) is -1.02. The maximum atomic E-state index is 11.7. The van der Waals surface area contributed by atoms with Crippen molar-refractivity contribution >= 4 is 12.1 Å². The molecule has 0 atom stereocenters. The van der Waals surface area contributed by atoms with Crippen LogP contribution in [0, 0.1) is 0 Å². The van der Waals surface area contributed by atoms with Crippen LogP contribution in [0.3, 0.4) is 0 Å². The summed E-state index contributed by atoms with van der Waals surface area (Å²) in [6.45, 7) is 6.24. The Bertz CT molecular complexity index is 497. The van der Waals surface area contributed by atoms with E-state index in [0.29, 0.717) is 13.1 Å². The minimum atomic E-state index is -1.02. The van der Waals surface area contributed by atoms with Crippen molar-refractivity contribution in [2.75, 3.05) is 13.1 Å². The van der Waals surface area contributed by atoms with Gasteiger partial charge in [-0.1, -0.05) is 0 Å². The van der Waals surface area contributed by atoms with Crippen molar-refractivity contribution in [2.45, 2.75) is 32.4 Å². The number of hydrogen-bond donors (Lipinski definition) is 1. The van der Waals surface area contributed by atoms with Crippen molar-refractivity contribution < 1.29 is 19.4 Å². The molecular formula is C12H17N3O4. The average Bonchev–Trinajstić information content (AvgIpc) is 2.60. The number of rotatable bonds is 2. The zero-order chi connectivity index (χ0) is 14.2. The number of likely N-dealkylation sites (tertiary alicyclic amines) is 1. The van der Waals surface area contributed by atoms with Gasteiger partial charge in [0.15, 0.2) is 0 Å². The predicted octanol–water partition coefficient (Wildman–Crippen LogP) is 1.37. The van der Waals surface area contributed by atoms with Crippen molar-refractivity contribution in [3.05, 3.63) is 18.0 Å². The molecule has 7 heteroatoms. The van der Waals surface area contributed by atoms with Crippen LogP contribution in [-0.4, -0.2) is 50.5 Å². The van der Waals surface area contributed by atoms with E-state index in [1.54, 1.807) is 20.8 Å². The van der Waals surface area contributed by atoms with Gasteiger partial charge in [0.2, 0.25) is 0 Å². The molecule has 2 rings (SSSR count). The van der Waals surface area contributed by atoms with Crippen LogP contribution >= 0.6 is 0 Å². The Morgan fingerprint density at radius 1 is 1.42 bits per heavy atom. The molecule has 1 N–H and O–H groups in total. The van der Waals surface area contributed by atoms with E-state index in [-0.39, 0.29) is 17.8 Å². The first-order valence-corrected chi connectivity index (χ1v) is 6.02. The summed E-state index contributed by atoms with van der Waals surface area (Å²) in [5.41, 5.74) is -0.394. The van der Waals surface area contributed by atoms with Crippen LogP contribution < -0.4 is 0 Å². The number of nitrogens with zero attached hydrogens (tertiary/aromatic N) is 3. The van der Waals surface area contributed by atoms with Crippen LogP contribution in [0.4, 0.5) is 4.79 Å². The number of hydrogen-bond acceptors (Lipinski definition) is 4. The highest BCUT2D eigenvalue weighted by atomic mass is 16.6. The lowest BCUT2D eigenvalue weighted by Gasteiger charge is -2.39. The molecule has 0 aromatic carbocycles. The van der Waals surface area contributed by atoms with Gasteiger partial charge in [-0.15, -0.1) is 0 Å². The van der Waals surface area contributed by atoms with Gasteiger partial charge in [0.05, 0.1) is 6.04 Å². The average molecular weight is 267 g/mol. The summed E-state index contributed by atoms with van der Waals surface area (Å²) < 4.78 is 6.66. The van der Waals surface area contributed by atoms with Gasteiger partial charge in [-0.25, -0.2) is 9.59 Å². The summed E-state index contributed by atoms with van der Waals surface area (Å²) >= 11 is 0. The third-order valence-electron chi connectivity index (χ3n) is 2.75. The zero-order valence-electron chi connectivity index (χ0n) is 11.2. The van der Waals surface area contributed by atoms with E-state index < -0.39 is 11.6 Å². The van der Waals surface area contributed by atoms with E-state index >= 15 is 0 Å². The Hall–Kier alpha value is -2.05. The predicted molar refractivity (Wildman–Crippen MR) is 66.0 cm³/mol. The second-order valence-electron chi connectivity index (χ2n) is 5.51. The molecule has 0 radical (unpaired) electrons. The van der Waals surface area contributed by atoms with Gasteiger partial charge in [-0.2, -0.15) is 5.10 Å². The molecule has 0 aliphatic carbocycles. The molecule has 19 heavy (non-hydrogen) atoms. The highest BCUT2D eigenvalue weighted by Crippen LogP contribution is 2.24. The standard InChI is InChI=1S/C12H17N3O4/c1-12(2,3)19-11(18)14-6-8(7-14)15-9(10(16)17)4-5-13-15/h4-5,8H,6-7H2,1-3H3,(H,16,17). The summed E-state index contributed by atoms with van der Waals surface area (Å²) in [6.07, 6.45) is 1.06. The van der Waals surface area contributed by atoms with Gasteiger partial charge in [-0.3, -0.25) is 4.68 Å². The molecule has 1 amide bonds. The van der Waals surface area contributed by atoms with E-state index in [4.69, 9.17) is 9.84 Å². The molecule has 0 saturated carbocycles. The fourth-order valence-corrected chi connectivity index (χ4v) is 1.86. The van der Waals surface area contributed by atoms with E-state index in [0.717, 1.165) is 0 Å². The minimum absolute atomic E-state index is 0.103. The van der Waals surface area contributed by atoms with Crippen molar-refractivity contribution in [2.24, 2.45) is 0 Å². The molecular weight excluding hydrogens is 250 g/mol. The lowest BCUT2D eigenvalue weighted by atomic mass is 10.1. The number of carbonyl (C=O) groups is 2. The number of aromatic nitrogens is 2. The smallest absolute Gasteiger partial charge is 0.410 e. The largest absolute Gasteiger partial charge is 0.477 e. The quantitative estimate of drug-likeness (QED) is 0.874. The van der Waals surface area contributed by atoms with Crippen LogP contribution in [0.25, 0.3) is 0 Å². The molecule has 2 heterocycles. The van der Waals surface area contributed by atoms with Crippen molar-refractivity contribution in [3.63, 3.8) is 0 Å². The van der Waals surface area contributed by atoms with Crippen LogP contribution in [-0.2, 0) is 4.74 Å². The van der Waals surface area contributed by atoms with Gasteiger partial charge >= 0.3 is 12.1 Å². The maximum Gasteiger partial charge on any atom is 0.410 e. The lowest BCUT2D eigenvalue weighted by Crippen LogP contribution is -2.52. The highest BCUT2D eigenvalue weighted by Gasteiger charge is 2.36. The first kappa shape index (κ1) is 13.4. The fraction of sp³-hybridized carbons (Fsp3) is 0.583. The molecule has 1 aliphatic heterocycles. The molecule has 1 aromatic heterocycles. The van der Waals surface area contributed by atoms with Crippen molar-refractivity contribution in [1.29, 1.82) is 0 Å². The maximum absolute atomic E-state index is 11.7. The summed E-state index contributed by atoms with van der Waals surface area (Å²) in [5, 5.41) is 13.0. The fourth-order valence-electron chi connectivity index (χ4n) is 1.86. The van der Waals surface area contributed by atoms with Gasteiger partial charge in [-0.05, 0) is 26.8 Å². The normalized spacial score (nSPS) is 16.1. The molecule has 0 bridgehead atoms. The molecule has 0 unspecified atom stereocenters. The van der Waals surface area contributed by atoms with Crippen LogP contribution in [0.1, 0.15) is 37.3 Å². The van der Waals surface area contributed by atoms with Crippen LogP contribution in [0.5, 0.6) is 0 Å². The number of carboxylic acid groups (broad SMARTS) is 1. The Kier molecular flexibility index (Phi) is 3.21. The Labute approximate surface area is 110 Å². The summed E-state index contributed by atoms with van der Waals surface area (Å²) in [6, 6.07) is 1.34. The van der Waals surface area contributed by atoms with E-state index in [1.165, 1.54) is 21.8 Å². The second kappa shape index (κ2) is 4.56. The zero-order valence-corrected chi connectivity index (χ0v) is 11.2. The third kappa shape index (κ3) is 2.86. The molecule has 104 valence electrons. The summed E-state index contributed by atoms with van der Waals surface area (Å²) in [4.78, 5) is 24.2. The first-order chi connectivity index (χ1) is 8.78. The van der Waals surface area contributed by atoms with E-state index in [2.05, 4.69) is 5.10 Å². The van der Waals surface area contributed by atoms with E-state index in [1.807, 2.05) is 0 Å². The Morgan fingerprint density at radius 2 is 2.05 bits per heavy atom. The van der Waals surface area contributed by atoms with Gasteiger partial charge in [0, 0.05) is 19.3 Å². The molecule has 1 aliphatic rings. The van der Waals surface area contributed by atoms with Crippen molar-refractivity contribution in [3.8, 4) is 0 Å². The monoisotopic (exact) mass is 267 g/mol. The molecule has 1 aromatic rings. The number of amides is 1. The SMILES string of the molecule is CC(C)(C)OC(=O)N1CC(n2nccc2C(=O)O)C1. The highest BCUT2D eigenvalue weighted by molar-refractivity contribution is 5.85. The number of aromatic carboxylic acids is 1. The topological polar surface area (TPSA) is 84.7 Å². The van der Waals surface area contributed by atoms with E-state index in [9.17, 15) is 9.59 Å². The first-order valence-electron chi connectivity index (χ1n) is 6.02. The number of ether oxygens (including phenoxy) is 1. The Balaban J connectivity index is 1.94. The molecule has 1 fully saturated rings. The number of carbonyl (C=O) groups excluding carboxylic acids is 1. The molecule has 7 nitrogen and oxygen atoms in total. The lowest BCUT2D eigenvalue weighted by molar-refractivity contribution is -0.000791. The Morgan fingerprint density at radius 3 is 2.58 bits per heavy atom. The van der Waals surface area contributed by atoms with Gasteiger partial charge in [0.25, 0.3) is 0 Å². The summed E-state index contributed by atoms with van der Waals surface area (Å²) in [7, 11) is 0. The second-order valence-corrected chi connectivity index (χ2v) is 5.51. The third-order valence-corrected chi connectivity index (χ3v) is 2.75.